The lowest BCUT2D eigenvalue weighted by Crippen LogP contribution is -2.53. The molecule has 0 saturated heterocycles. The number of carbonyl (C=O) groups excluding carboxylic acids is 2. The van der Waals surface area contributed by atoms with Crippen molar-refractivity contribution in [2.75, 3.05) is 17.1 Å². The third kappa shape index (κ3) is 8.72. The van der Waals surface area contributed by atoms with E-state index in [-0.39, 0.29) is 18.5 Å². The fourth-order valence-corrected chi connectivity index (χ4v) is 6.11. The summed E-state index contributed by atoms with van der Waals surface area (Å²) in [6.45, 7) is 1.90. The first-order chi connectivity index (χ1) is 20.1. The van der Waals surface area contributed by atoms with Crippen molar-refractivity contribution in [3.63, 3.8) is 0 Å². The molecule has 0 spiro atoms. The summed E-state index contributed by atoms with van der Waals surface area (Å²) < 4.78 is 32.7. The van der Waals surface area contributed by atoms with Crippen LogP contribution in [0.4, 0.5) is 5.69 Å². The van der Waals surface area contributed by atoms with Gasteiger partial charge < -0.3 is 15.0 Å². The molecule has 1 atom stereocenters. The third-order valence-corrected chi connectivity index (χ3v) is 8.80. The van der Waals surface area contributed by atoms with Crippen molar-refractivity contribution in [1.29, 1.82) is 0 Å². The van der Waals surface area contributed by atoms with Gasteiger partial charge in [0.2, 0.25) is 21.8 Å². The molecule has 10 heteroatoms. The Morgan fingerprint density at radius 2 is 1.60 bits per heavy atom. The highest BCUT2D eigenvalue weighted by Crippen LogP contribution is 2.24. The molecule has 0 bridgehead atoms. The summed E-state index contributed by atoms with van der Waals surface area (Å²) in [6.07, 6.45) is 5.40. The van der Waals surface area contributed by atoms with E-state index in [1.807, 2.05) is 37.3 Å². The Balaban J connectivity index is 1.54. The van der Waals surface area contributed by atoms with Crippen molar-refractivity contribution < 1.29 is 22.7 Å². The maximum Gasteiger partial charge on any atom is 0.244 e. The molecule has 1 unspecified atom stereocenters. The van der Waals surface area contributed by atoms with Crippen LogP contribution in [0, 0.1) is 0 Å². The average molecular weight is 612 g/mol. The van der Waals surface area contributed by atoms with Crippen LogP contribution < -0.4 is 14.4 Å². The number of anilines is 1. The van der Waals surface area contributed by atoms with E-state index in [2.05, 4.69) is 5.32 Å². The van der Waals surface area contributed by atoms with Gasteiger partial charge >= 0.3 is 0 Å². The predicted octanol–water partition coefficient (Wildman–Crippen LogP) is 5.55. The molecule has 224 valence electrons. The first-order valence-corrected chi connectivity index (χ1v) is 16.5. The summed E-state index contributed by atoms with van der Waals surface area (Å²) in [5.74, 6) is -0.132. The molecule has 0 aliphatic heterocycles. The van der Waals surface area contributed by atoms with Crippen molar-refractivity contribution >= 4 is 39.1 Å². The quantitative estimate of drug-likeness (QED) is 0.273. The molecule has 42 heavy (non-hydrogen) atoms. The van der Waals surface area contributed by atoms with Crippen molar-refractivity contribution in [2.45, 2.75) is 64.3 Å². The van der Waals surface area contributed by atoms with E-state index in [0.29, 0.717) is 29.5 Å². The Morgan fingerprint density at radius 1 is 0.952 bits per heavy atom. The van der Waals surface area contributed by atoms with Gasteiger partial charge in [-0.3, -0.25) is 13.9 Å². The normalized spacial score (nSPS) is 14.3. The van der Waals surface area contributed by atoms with Crippen LogP contribution in [0.2, 0.25) is 5.02 Å². The van der Waals surface area contributed by atoms with Gasteiger partial charge in [-0.05, 0) is 66.8 Å². The van der Waals surface area contributed by atoms with Crippen LogP contribution in [0.15, 0.2) is 78.9 Å². The summed E-state index contributed by atoms with van der Waals surface area (Å²) in [5, 5.41) is 3.66. The molecule has 1 saturated carbocycles. The van der Waals surface area contributed by atoms with Gasteiger partial charge in [-0.25, -0.2) is 8.42 Å². The average Bonchev–Trinajstić information content (AvgIpc) is 3.49. The molecule has 3 aromatic carbocycles. The zero-order valence-electron chi connectivity index (χ0n) is 24.0. The van der Waals surface area contributed by atoms with Gasteiger partial charge in [0.05, 0.1) is 11.9 Å². The number of nitrogens with one attached hydrogen (secondary N) is 1. The minimum Gasteiger partial charge on any atom is -0.489 e. The molecular weight excluding hydrogens is 574 g/mol. The second-order valence-corrected chi connectivity index (χ2v) is 12.9. The predicted molar refractivity (Wildman–Crippen MR) is 166 cm³/mol. The summed E-state index contributed by atoms with van der Waals surface area (Å²) in [4.78, 5) is 28.8. The maximum atomic E-state index is 13.9. The number of ether oxygens (including phenoxy) is 1. The molecule has 1 aliphatic carbocycles. The highest BCUT2D eigenvalue weighted by molar-refractivity contribution is 7.92. The van der Waals surface area contributed by atoms with Gasteiger partial charge in [0, 0.05) is 17.6 Å². The maximum absolute atomic E-state index is 13.9. The van der Waals surface area contributed by atoms with Crippen LogP contribution >= 0.6 is 11.6 Å². The van der Waals surface area contributed by atoms with Gasteiger partial charge in [0.15, 0.2) is 0 Å². The molecule has 3 aromatic rings. The smallest absolute Gasteiger partial charge is 0.244 e. The Bertz CT molecular complexity index is 1430. The number of rotatable bonds is 13. The topological polar surface area (TPSA) is 96.0 Å². The lowest BCUT2D eigenvalue weighted by Gasteiger charge is -2.33. The van der Waals surface area contributed by atoms with Crippen molar-refractivity contribution in [3.8, 4) is 5.75 Å². The van der Waals surface area contributed by atoms with Crippen molar-refractivity contribution in [3.05, 3.63) is 95.0 Å². The molecule has 1 aliphatic rings. The second-order valence-electron chi connectivity index (χ2n) is 10.6. The fraction of sp³-hybridized carbons (Fsp3) is 0.375. The largest absolute Gasteiger partial charge is 0.489 e. The van der Waals surface area contributed by atoms with E-state index >= 15 is 0 Å². The molecule has 0 radical (unpaired) electrons. The Kier molecular flexibility index (Phi) is 10.9. The number of benzene rings is 3. The van der Waals surface area contributed by atoms with E-state index in [9.17, 15) is 18.0 Å². The van der Waals surface area contributed by atoms with Crippen LogP contribution in [0.1, 0.15) is 50.2 Å². The van der Waals surface area contributed by atoms with Gasteiger partial charge in [0.25, 0.3) is 0 Å². The van der Waals surface area contributed by atoms with Crippen LogP contribution in [0.25, 0.3) is 0 Å². The number of nitrogens with zero attached hydrogens (tertiary/aromatic N) is 2. The van der Waals surface area contributed by atoms with Gasteiger partial charge in [0.1, 0.15) is 24.9 Å². The monoisotopic (exact) mass is 611 g/mol. The van der Waals surface area contributed by atoms with E-state index in [0.717, 1.165) is 47.4 Å². The minimum atomic E-state index is -3.84. The molecule has 1 fully saturated rings. The molecule has 8 nitrogen and oxygen atoms in total. The van der Waals surface area contributed by atoms with Gasteiger partial charge in [-0.15, -0.1) is 0 Å². The van der Waals surface area contributed by atoms with Gasteiger partial charge in [-0.2, -0.15) is 0 Å². The summed E-state index contributed by atoms with van der Waals surface area (Å²) >= 11 is 6.07. The zero-order valence-corrected chi connectivity index (χ0v) is 25.6. The first kappa shape index (κ1) is 31.4. The number of hydrogen-bond donors (Lipinski definition) is 1. The van der Waals surface area contributed by atoms with Crippen LogP contribution in [-0.4, -0.2) is 50.0 Å². The molecule has 1 N–H and O–H groups in total. The first-order valence-electron chi connectivity index (χ1n) is 14.2. The number of halogens is 1. The summed E-state index contributed by atoms with van der Waals surface area (Å²) in [7, 11) is -3.84. The molecule has 0 aromatic heterocycles. The third-order valence-electron chi connectivity index (χ3n) is 7.41. The van der Waals surface area contributed by atoms with Crippen LogP contribution in [-0.2, 0) is 32.8 Å². The highest BCUT2D eigenvalue weighted by Gasteiger charge is 2.33. The Labute approximate surface area is 253 Å². The number of sulfonamides is 1. The lowest BCUT2D eigenvalue weighted by atomic mass is 10.1. The van der Waals surface area contributed by atoms with E-state index in [1.165, 1.54) is 4.90 Å². The number of carbonyl (C=O) groups is 2. The molecule has 0 heterocycles. The zero-order chi connectivity index (χ0) is 30.1. The molecule has 2 amide bonds. The van der Waals surface area contributed by atoms with Gasteiger partial charge in [-0.1, -0.05) is 73.8 Å². The van der Waals surface area contributed by atoms with E-state index in [4.69, 9.17) is 16.3 Å². The standard InChI is InChI=1S/C32H38ClN3O5S/c1-3-30(32(38)34-27-11-7-8-12-27)35(21-24-13-15-26(33)16-14-24)31(37)22-36(42(2,39)40)28-17-19-29(20-18-28)41-23-25-9-5-4-6-10-25/h4-6,9-10,13-20,27,30H,3,7-8,11-12,21-23H2,1-2H3,(H,34,38). The van der Waals surface area contributed by atoms with Crippen LogP contribution in [0.5, 0.6) is 5.75 Å². The van der Waals surface area contributed by atoms with E-state index in [1.54, 1.807) is 48.5 Å². The molecule has 4 rings (SSSR count). The second kappa shape index (κ2) is 14.6. The molecular formula is C32H38ClN3O5S. The SMILES string of the molecule is CCC(C(=O)NC1CCCC1)N(Cc1ccc(Cl)cc1)C(=O)CN(c1ccc(OCc2ccccc2)cc1)S(C)(=O)=O. The number of hydrogen-bond acceptors (Lipinski definition) is 5. The van der Waals surface area contributed by atoms with Crippen molar-refractivity contribution in [2.24, 2.45) is 0 Å². The Morgan fingerprint density at radius 3 is 2.19 bits per heavy atom. The minimum absolute atomic E-state index is 0.0918. The van der Waals surface area contributed by atoms with Crippen molar-refractivity contribution in [1.82, 2.24) is 10.2 Å². The highest BCUT2D eigenvalue weighted by atomic mass is 35.5. The number of amides is 2. The summed E-state index contributed by atoms with van der Waals surface area (Å²) in [6, 6.07) is 22.7. The Hall–Kier alpha value is -3.56. The van der Waals surface area contributed by atoms with E-state index < -0.39 is 28.5 Å². The lowest BCUT2D eigenvalue weighted by molar-refractivity contribution is -0.140. The summed E-state index contributed by atoms with van der Waals surface area (Å²) in [5.41, 5.74) is 2.12. The van der Waals surface area contributed by atoms with Crippen LogP contribution in [0.3, 0.4) is 0 Å². The fourth-order valence-electron chi connectivity index (χ4n) is 5.14.